The van der Waals surface area contributed by atoms with Crippen molar-refractivity contribution < 1.29 is 34.1 Å². The fourth-order valence-electron chi connectivity index (χ4n) is 4.78. The maximum absolute atomic E-state index is 13.7. The van der Waals surface area contributed by atoms with Crippen LogP contribution in [0.25, 0.3) is 0 Å². The maximum Gasteiger partial charge on any atom is 0.408 e. The lowest BCUT2D eigenvalue weighted by atomic mass is 9.81. The molecule has 2 amide bonds. The van der Waals surface area contributed by atoms with Gasteiger partial charge in [0, 0.05) is 31.0 Å². The van der Waals surface area contributed by atoms with E-state index in [9.17, 15) is 29.4 Å². The highest BCUT2D eigenvalue weighted by molar-refractivity contribution is 6.33. The van der Waals surface area contributed by atoms with Crippen molar-refractivity contribution in [2.75, 3.05) is 36.8 Å². The summed E-state index contributed by atoms with van der Waals surface area (Å²) in [5, 5.41) is 32.8. The molecule has 12 heteroatoms. The Morgan fingerprint density at radius 3 is 1.91 bits per heavy atom. The van der Waals surface area contributed by atoms with Crippen molar-refractivity contribution in [3.8, 4) is 11.5 Å². The number of anilines is 2. The van der Waals surface area contributed by atoms with Crippen molar-refractivity contribution in [3.63, 3.8) is 0 Å². The molecule has 0 aromatic heterocycles. The molecule has 0 radical (unpaired) electrons. The van der Waals surface area contributed by atoms with Gasteiger partial charge in [-0.3, -0.25) is 14.4 Å². The van der Waals surface area contributed by atoms with Crippen LogP contribution < -0.4 is 27.0 Å². The first-order chi connectivity index (χ1) is 20.4. The Balaban J connectivity index is 1.74. The molecule has 1 unspecified atom stereocenters. The van der Waals surface area contributed by atoms with E-state index in [4.69, 9.17) is 10.5 Å². The molecule has 0 saturated carbocycles. The first-order valence-electron chi connectivity index (χ1n) is 14.7. The topological polar surface area (TPSA) is 192 Å². The predicted molar refractivity (Wildman–Crippen MR) is 164 cm³/mol. The minimum atomic E-state index is -0.832. The van der Waals surface area contributed by atoms with E-state index in [-0.39, 0.29) is 52.5 Å². The summed E-state index contributed by atoms with van der Waals surface area (Å²) in [6, 6.07) is 4.86. The molecule has 8 N–H and O–H groups in total. The number of unbranched alkanes of at least 4 members (excludes halogenated alkanes) is 2. The van der Waals surface area contributed by atoms with Gasteiger partial charge in [0.2, 0.25) is 17.5 Å². The normalized spacial score (nSPS) is 13.0. The summed E-state index contributed by atoms with van der Waals surface area (Å²) in [6.07, 6.45) is 2.75. The number of amides is 2. The first-order valence-corrected chi connectivity index (χ1v) is 14.7. The van der Waals surface area contributed by atoms with Crippen LogP contribution in [-0.4, -0.2) is 71.6 Å². The zero-order chi connectivity index (χ0) is 31.7. The van der Waals surface area contributed by atoms with E-state index in [0.717, 1.165) is 12.8 Å². The Morgan fingerprint density at radius 1 is 0.837 bits per heavy atom. The number of ether oxygens (including phenoxy) is 1. The molecule has 234 valence electrons. The van der Waals surface area contributed by atoms with Gasteiger partial charge in [0.05, 0.1) is 22.3 Å². The Kier molecular flexibility index (Phi) is 11.4. The van der Waals surface area contributed by atoms with Gasteiger partial charge < -0.3 is 42.0 Å². The van der Waals surface area contributed by atoms with Crippen LogP contribution in [0.2, 0.25) is 0 Å². The van der Waals surface area contributed by atoms with Gasteiger partial charge >= 0.3 is 6.09 Å². The van der Waals surface area contributed by atoms with Crippen molar-refractivity contribution in [1.82, 2.24) is 10.6 Å². The summed E-state index contributed by atoms with van der Waals surface area (Å²) in [7, 11) is 0. The molecule has 3 rings (SSSR count). The molecule has 0 bridgehead atoms. The van der Waals surface area contributed by atoms with Crippen LogP contribution in [0.15, 0.2) is 24.3 Å². The number of benzene rings is 2. The molecule has 1 aliphatic carbocycles. The zero-order valence-electron chi connectivity index (χ0n) is 25.3. The van der Waals surface area contributed by atoms with E-state index in [1.807, 2.05) is 6.92 Å². The molecule has 43 heavy (non-hydrogen) atoms. The molecule has 0 aliphatic heterocycles. The summed E-state index contributed by atoms with van der Waals surface area (Å²) in [6.45, 7) is 8.52. The zero-order valence-corrected chi connectivity index (χ0v) is 25.3. The average molecular weight is 598 g/mol. The van der Waals surface area contributed by atoms with Gasteiger partial charge in [0.1, 0.15) is 23.1 Å². The van der Waals surface area contributed by atoms with Crippen LogP contribution in [0.1, 0.15) is 91.6 Å². The summed E-state index contributed by atoms with van der Waals surface area (Å²) < 4.78 is 5.29. The molecule has 2 aromatic carbocycles. The summed E-state index contributed by atoms with van der Waals surface area (Å²) in [5.41, 5.74) is 5.20. The van der Waals surface area contributed by atoms with E-state index in [2.05, 4.69) is 21.3 Å². The lowest BCUT2D eigenvalue weighted by Gasteiger charge is -2.25. The number of phenols is 2. The molecular formula is C31H43N5O7. The fraction of sp³-hybridized carbons (Fsp3) is 0.484. The van der Waals surface area contributed by atoms with Crippen molar-refractivity contribution in [1.29, 1.82) is 0 Å². The quantitative estimate of drug-likeness (QED) is 0.107. The third kappa shape index (κ3) is 8.38. The number of alkyl carbamates (subject to hydrolysis) is 1. The highest BCUT2D eigenvalue weighted by Crippen LogP contribution is 2.42. The van der Waals surface area contributed by atoms with Gasteiger partial charge in [0.25, 0.3) is 0 Å². The molecule has 1 atom stereocenters. The van der Waals surface area contributed by atoms with Crippen LogP contribution >= 0.6 is 0 Å². The van der Waals surface area contributed by atoms with Gasteiger partial charge in [-0.05, 0) is 77.3 Å². The fourth-order valence-corrected chi connectivity index (χ4v) is 4.78. The molecule has 0 spiro atoms. The number of carbonyl (C=O) groups excluding carboxylic acids is 4. The number of nitrogens with one attached hydrogen (secondary N) is 4. The van der Waals surface area contributed by atoms with Crippen LogP contribution in [-0.2, 0) is 9.53 Å². The average Bonchev–Trinajstić information content (AvgIpc) is 2.93. The number of rotatable bonds is 14. The van der Waals surface area contributed by atoms with Gasteiger partial charge in [-0.15, -0.1) is 0 Å². The summed E-state index contributed by atoms with van der Waals surface area (Å²) in [5.74, 6) is -2.28. The van der Waals surface area contributed by atoms with Crippen molar-refractivity contribution in [3.05, 3.63) is 46.5 Å². The number of fused-ring (bicyclic) bond motifs is 2. The third-order valence-corrected chi connectivity index (χ3v) is 6.81. The van der Waals surface area contributed by atoms with Crippen LogP contribution in [0.4, 0.5) is 16.2 Å². The standard InChI is InChI=1S/C31H43N5O7/c1-5-6-15-33-18-10-12-21(37)25-23(18)27(39)26-22(38)13-11-19(24(26)28(25)40)34-16-17-35-29(41)20(9-7-8-14-32)36-30(42)43-31(2,3)4/h10-13,20,33-34,37-38H,5-9,14-17,32H2,1-4H3,(H,35,41)(H,36,42). The van der Waals surface area contributed by atoms with Crippen molar-refractivity contribution in [2.45, 2.75) is 71.4 Å². The number of nitrogens with two attached hydrogens (primary N) is 1. The van der Waals surface area contributed by atoms with Gasteiger partial charge in [-0.2, -0.15) is 0 Å². The largest absolute Gasteiger partial charge is 0.507 e. The number of carbonyl (C=O) groups is 4. The Labute approximate surface area is 251 Å². The van der Waals surface area contributed by atoms with Gasteiger partial charge in [-0.1, -0.05) is 13.3 Å². The number of aromatic hydroxyl groups is 2. The maximum atomic E-state index is 13.7. The number of phenolic OH excluding ortho intramolecular Hbond substituents is 2. The minimum absolute atomic E-state index is 0.0199. The number of hydrogen-bond acceptors (Lipinski definition) is 10. The first kappa shape index (κ1) is 33.2. The highest BCUT2D eigenvalue weighted by Gasteiger charge is 2.38. The lowest BCUT2D eigenvalue weighted by Crippen LogP contribution is -2.49. The van der Waals surface area contributed by atoms with Gasteiger partial charge in [-0.25, -0.2) is 4.79 Å². The Morgan fingerprint density at radius 2 is 1.40 bits per heavy atom. The van der Waals surface area contributed by atoms with E-state index in [1.165, 1.54) is 18.2 Å². The lowest BCUT2D eigenvalue weighted by molar-refractivity contribution is -0.123. The second-order valence-electron chi connectivity index (χ2n) is 11.4. The summed E-state index contributed by atoms with van der Waals surface area (Å²) >= 11 is 0. The van der Waals surface area contributed by atoms with E-state index in [1.54, 1.807) is 26.8 Å². The number of ketones is 2. The highest BCUT2D eigenvalue weighted by atomic mass is 16.6. The van der Waals surface area contributed by atoms with Crippen molar-refractivity contribution >= 4 is 34.9 Å². The second kappa shape index (κ2) is 14.7. The Bertz CT molecular complexity index is 1350. The third-order valence-electron chi connectivity index (χ3n) is 6.81. The van der Waals surface area contributed by atoms with Crippen LogP contribution in [0, 0.1) is 0 Å². The summed E-state index contributed by atoms with van der Waals surface area (Å²) in [4.78, 5) is 52.5. The molecule has 0 fully saturated rings. The minimum Gasteiger partial charge on any atom is -0.507 e. The Hall–Kier alpha value is -4.32. The SMILES string of the molecule is CCCCNc1ccc(O)c2c1C(=O)c1c(O)ccc(NCCNC(=O)C(CCCCN)NC(=O)OC(C)(C)C)c1C2=O. The monoisotopic (exact) mass is 597 g/mol. The molecule has 0 saturated heterocycles. The molecule has 1 aliphatic rings. The molecular weight excluding hydrogens is 554 g/mol. The van der Waals surface area contributed by atoms with E-state index < -0.39 is 35.2 Å². The van der Waals surface area contributed by atoms with Crippen molar-refractivity contribution in [2.24, 2.45) is 5.73 Å². The second-order valence-corrected chi connectivity index (χ2v) is 11.4. The van der Waals surface area contributed by atoms with Crippen LogP contribution in [0.5, 0.6) is 11.5 Å². The van der Waals surface area contributed by atoms with E-state index in [0.29, 0.717) is 38.0 Å². The van der Waals surface area contributed by atoms with Gasteiger partial charge in [0.15, 0.2) is 0 Å². The number of hydrogen-bond donors (Lipinski definition) is 7. The molecule has 2 aromatic rings. The van der Waals surface area contributed by atoms with E-state index >= 15 is 0 Å². The smallest absolute Gasteiger partial charge is 0.408 e. The molecule has 12 nitrogen and oxygen atoms in total. The molecule has 0 heterocycles. The predicted octanol–water partition coefficient (Wildman–Crippen LogP) is 3.64. The van der Waals surface area contributed by atoms with Crippen LogP contribution in [0.3, 0.4) is 0 Å².